The van der Waals surface area contributed by atoms with Gasteiger partial charge in [0.1, 0.15) is 0 Å². The van der Waals surface area contributed by atoms with E-state index in [-0.39, 0.29) is 91.9 Å². The first-order chi connectivity index (χ1) is 36.3. The Morgan fingerprint density at radius 1 is 0.351 bits per heavy atom. The number of ketones is 4. The van der Waals surface area contributed by atoms with Gasteiger partial charge in [-0.15, -0.1) is 0 Å². The molecule has 398 valence electrons. The molecule has 74 heavy (non-hydrogen) atoms. The summed E-state index contributed by atoms with van der Waals surface area (Å²) in [6.45, 7) is 5.87. The van der Waals surface area contributed by atoms with Crippen molar-refractivity contribution in [3.63, 3.8) is 0 Å². The summed E-state index contributed by atoms with van der Waals surface area (Å²) < 4.78 is 0. The van der Waals surface area contributed by atoms with E-state index < -0.39 is 23.1 Å². The first kappa shape index (κ1) is 58.4. The Balaban J connectivity index is 1.07. The van der Waals surface area contributed by atoms with Crippen molar-refractivity contribution in [2.45, 2.75) is 155 Å². The van der Waals surface area contributed by atoms with Gasteiger partial charge in [-0.25, -0.2) is 0 Å². The van der Waals surface area contributed by atoms with E-state index in [1.165, 1.54) is 128 Å². The van der Waals surface area contributed by atoms with E-state index in [0.717, 1.165) is 35.9 Å². The molecule has 0 heterocycles. The molecule has 0 bridgehead atoms. The molecule has 10 nitrogen and oxygen atoms in total. The van der Waals surface area contributed by atoms with Crippen molar-refractivity contribution >= 4 is 69.8 Å². The second-order valence-corrected chi connectivity index (χ2v) is 22.4. The highest BCUT2D eigenvalue weighted by Crippen LogP contribution is 2.43. The molecule has 0 aromatic heterocycles. The number of nitrogens with one attached hydrogen (secondary N) is 4. The average molecular weight is 1040 g/mol. The monoisotopic (exact) mass is 1040 g/mol. The van der Waals surface area contributed by atoms with Crippen LogP contribution in [0.15, 0.2) is 72.8 Å². The van der Waals surface area contributed by atoms with Crippen LogP contribution >= 0.6 is 23.5 Å². The number of hydrogen-bond donors (Lipinski definition) is 4. The minimum atomic E-state index is -0.445. The van der Waals surface area contributed by atoms with Crippen molar-refractivity contribution in [1.82, 2.24) is 10.6 Å². The minimum absolute atomic E-state index is 0.0170. The summed E-state index contributed by atoms with van der Waals surface area (Å²) in [6.07, 6.45) is 28.3. The fourth-order valence-corrected chi connectivity index (χ4v) is 12.0. The van der Waals surface area contributed by atoms with Crippen molar-refractivity contribution < 1.29 is 28.8 Å². The van der Waals surface area contributed by atoms with Gasteiger partial charge in [-0.1, -0.05) is 190 Å². The number of carbonyl (C=O) groups is 6. The predicted molar refractivity (Wildman–Crippen MR) is 309 cm³/mol. The first-order valence-electron chi connectivity index (χ1n) is 28.1. The maximum absolute atomic E-state index is 14.6. The molecule has 0 unspecified atom stereocenters. The minimum Gasteiger partial charge on any atom is -0.324 e. The Labute approximate surface area is 450 Å². The zero-order chi connectivity index (χ0) is 52.3. The molecule has 6 rings (SSSR count). The third-order valence-corrected chi connectivity index (χ3v) is 16.4. The van der Waals surface area contributed by atoms with Crippen LogP contribution in [-0.4, -0.2) is 84.1 Å². The van der Waals surface area contributed by atoms with Crippen LogP contribution in [0.3, 0.4) is 0 Å². The zero-order valence-electron chi connectivity index (χ0n) is 44.4. The number of carbonyl (C=O) groups excluding carboxylic acids is 6. The van der Waals surface area contributed by atoms with Crippen LogP contribution in [0.4, 0.5) is 11.4 Å². The molecule has 0 atom stereocenters. The lowest BCUT2D eigenvalue weighted by atomic mass is 9.75. The van der Waals surface area contributed by atoms with Crippen LogP contribution in [0.5, 0.6) is 0 Å². The van der Waals surface area contributed by atoms with E-state index in [9.17, 15) is 28.8 Å². The Bertz CT molecular complexity index is 2340. The van der Waals surface area contributed by atoms with Crippen molar-refractivity contribution in [1.29, 1.82) is 0 Å². The van der Waals surface area contributed by atoms with Crippen LogP contribution in [0, 0.1) is 0 Å². The van der Waals surface area contributed by atoms with Gasteiger partial charge in [0, 0.05) is 33.4 Å². The van der Waals surface area contributed by atoms with Crippen molar-refractivity contribution in [3.8, 4) is 11.1 Å². The molecule has 0 fully saturated rings. The van der Waals surface area contributed by atoms with Gasteiger partial charge >= 0.3 is 0 Å². The molecule has 0 aliphatic heterocycles. The lowest BCUT2D eigenvalue weighted by molar-refractivity contribution is -0.116. The van der Waals surface area contributed by atoms with Gasteiger partial charge in [0.15, 0.2) is 23.1 Å². The van der Waals surface area contributed by atoms with E-state index in [1.807, 2.05) is 23.5 Å². The zero-order valence-corrected chi connectivity index (χ0v) is 46.0. The normalized spacial score (nSPS) is 12.6. The standard InChI is InChI=1S/C62H82N4O6S2/c1-3-5-7-9-11-13-15-17-19-25-39-73-41-27-37-63-43-53(67)65-51-35-33-45(55-57(51)61(71)49-31-23-21-29-47(49)59(55)69)46-34-36-52(58-56(46)60(70)48-30-22-24-32-50(48)62(58)72)66-54(68)44-64-38-28-42-74-40-26-20-18-16-14-12-10-8-6-4-2/h21-24,29-36,63-64H,3-20,25-28,37-44H2,1-2H3,(H,65,67)(H,66,68). The molecular formula is C62H82N4O6S2. The maximum atomic E-state index is 14.6. The molecule has 4 aromatic rings. The molecule has 12 heteroatoms. The van der Waals surface area contributed by atoms with Crippen molar-refractivity contribution in [2.24, 2.45) is 0 Å². The first-order valence-corrected chi connectivity index (χ1v) is 30.5. The number of rotatable bonds is 37. The molecule has 4 aromatic carbocycles. The van der Waals surface area contributed by atoms with Crippen LogP contribution < -0.4 is 21.3 Å². The number of thioether (sulfide) groups is 2. The van der Waals surface area contributed by atoms with Gasteiger partial charge in [-0.3, -0.25) is 28.8 Å². The van der Waals surface area contributed by atoms with Crippen molar-refractivity contribution in [3.05, 3.63) is 117 Å². The number of fused-ring (bicyclic) bond motifs is 4. The Morgan fingerprint density at radius 3 is 0.986 bits per heavy atom. The van der Waals surface area contributed by atoms with Crippen LogP contribution in [0.1, 0.15) is 219 Å². The second kappa shape index (κ2) is 32.5. The highest BCUT2D eigenvalue weighted by molar-refractivity contribution is 7.99. The third-order valence-electron chi connectivity index (χ3n) is 14.1. The van der Waals surface area contributed by atoms with Crippen LogP contribution in [-0.2, 0) is 9.59 Å². The smallest absolute Gasteiger partial charge is 0.238 e. The molecule has 2 aliphatic carbocycles. The Hall–Kier alpha value is -4.88. The lowest BCUT2D eigenvalue weighted by Crippen LogP contribution is -2.31. The highest BCUT2D eigenvalue weighted by Gasteiger charge is 2.38. The number of benzene rings is 4. The topological polar surface area (TPSA) is 151 Å². The van der Waals surface area contributed by atoms with Gasteiger partial charge in [0.05, 0.1) is 35.6 Å². The summed E-state index contributed by atoms with van der Waals surface area (Å²) in [4.78, 5) is 85.1. The summed E-state index contributed by atoms with van der Waals surface area (Å²) in [7, 11) is 0. The van der Waals surface area contributed by atoms with E-state index in [1.54, 1.807) is 72.8 Å². The van der Waals surface area contributed by atoms with E-state index in [2.05, 4.69) is 35.1 Å². The lowest BCUT2D eigenvalue weighted by Gasteiger charge is -2.26. The van der Waals surface area contributed by atoms with E-state index in [0.29, 0.717) is 13.1 Å². The summed E-state index contributed by atoms with van der Waals surface area (Å²) in [5.74, 6) is 1.81. The molecule has 0 radical (unpaired) electrons. The highest BCUT2D eigenvalue weighted by atomic mass is 32.2. The summed E-state index contributed by atoms with van der Waals surface area (Å²) >= 11 is 3.90. The number of unbranched alkanes of at least 4 members (excludes halogenated alkanes) is 18. The molecule has 0 saturated heterocycles. The third kappa shape index (κ3) is 17.1. The maximum Gasteiger partial charge on any atom is 0.238 e. The second-order valence-electron chi connectivity index (χ2n) is 20.0. The van der Waals surface area contributed by atoms with Gasteiger partial charge in [-0.05, 0) is 85.0 Å². The van der Waals surface area contributed by atoms with E-state index >= 15 is 0 Å². The number of hydrogen-bond acceptors (Lipinski definition) is 10. The molecular weight excluding hydrogens is 961 g/mol. The quantitative estimate of drug-likeness (QED) is 0.0278. The van der Waals surface area contributed by atoms with Crippen LogP contribution in [0.25, 0.3) is 11.1 Å². The van der Waals surface area contributed by atoms with Gasteiger partial charge < -0.3 is 21.3 Å². The molecule has 0 spiro atoms. The van der Waals surface area contributed by atoms with E-state index in [4.69, 9.17) is 0 Å². The molecule has 2 aliphatic rings. The fourth-order valence-electron chi connectivity index (χ4n) is 10.1. The molecule has 0 saturated carbocycles. The summed E-state index contributed by atoms with van der Waals surface area (Å²) in [5, 5.41) is 12.2. The van der Waals surface area contributed by atoms with Gasteiger partial charge in [0.2, 0.25) is 11.8 Å². The summed E-state index contributed by atoms with van der Waals surface area (Å²) in [6, 6.07) is 19.6. The summed E-state index contributed by atoms with van der Waals surface area (Å²) in [5.41, 5.74) is 1.82. The SMILES string of the molecule is CCCCCCCCCCCCSCCCNCC(=O)Nc1ccc(-c2ccc(NC(=O)CNCCCSCCCCCCCCCCCC)c3c2C(=O)c2ccccc2C3=O)c2c1C(=O)c1ccccc1C2=O. The Kier molecular flexibility index (Phi) is 25.7. The molecule has 4 N–H and O–H groups in total. The Morgan fingerprint density at radius 2 is 0.649 bits per heavy atom. The molecule has 2 amide bonds. The van der Waals surface area contributed by atoms with Gasteiger partial charge in [0.25, 0.3) is 0 Å². The largest absolute Gasteiger partial charge is 0.324 e. The van der Waals surface area contributed by atoms with Gasteiger partial charge in [-0.2, -0.15) is 23.5 Å². The fraction of sp³-hybridized carbons (Fsp3) is 0.516. The number of amides is 2. The predicted octanol–water partition coefficient (Wildman–Crippen LogP) is 14.0. The average Bonchev–Trinajstić information content (AvgIpc) is 3.43. The van der Waals surface area contributed by atoms with Crippen molar-refractivity contribution in [2.75, 3.05) is 59.8 Å². The number of anilines is 2. The van der Waals surface area contributed by atoms with Crippen LogP contribution in [0.2, 0.25) is 0 Å².